The molecule has 1 aliphatic heterocycles. The minimum atomic E-state index is -0.270. The van der Waals surface area contributed by atoms with E-state index in [-0.39, 0.29) is 18.0 Å². The van der Waals surface area contributed by atoms with Crippen molar-refractivity contribution >= 4 is 17.3 Å². The normalized spacial score (nSPS) is 17.6. The van der Waals surface area contributed by atoms with Gasteiger partial charge < -0.3 is 20.1 Å². The van der Waals surface area contributed by atoms with Crippen molar-refractivity contribution < 1.29 is 13.9 Å². The van der Waals surface area contributed by atoms with Gasteiger partial charge in [0, 0.05) is 31.6 Å². The Bertz CT molecular complexity index is 749. The molecule has 0 spiro atoms. The van der Waals surface area contributed by atoms with Gasteiger partial charge >= 0.3 is 0 Å². The molecule has 1 aliphatic rings. The van der Waals surface area contributed by atoms with Gasteiger partial charge in [-0.05, 0) is 42.6 Å². The Hall–Kier alpha value is -2.16. The fraction of sp³-hybridized carbons (Fsp3) is 0.476. The average Bonchev–Trinajstić information content (AvgIpc) is 3.27. The zero-order valence-electron chi connectivity index (χ0n) is 16.9. The smallest absolute Gasteiger partial charge is 0.191 e. The zero-order chi connectivity index (χ0) is 20.5. The van der Waals surface area contributed by atoms with Crippen molar-refractivity contribution in [3.8, 4) is 5.75 Å². The molecule has 2 unspecified atom stereocenters. The number of ether oxygens (including phenoxy) is 2. The second-order valence-corrected chi connectivity index (χ2v) is 7.88. The predicted octanol–water partition coefficient (Wildman–Crippen LogP) is 2.89. The average molecular weight is 421 g/mol. The van der Waals surface area contributed by atoms with E-state index in [4.69, 9.17) is 9.47 Å². The number of nitrogens with zero attached hydrogens (tertiary/aromatic N) is 2. The SMILES string of the molecule is CN=C(NCC(C)Oc1ccc(F)cc1)NCC(c1cccs1)N1CCOCC1. The second-order valence-electron chi connectivity index (χ2n) is 6.90. The molecule has 0 amide bonds. The summed E-state index contributed by atoms with van der Waals surface area (Å²) in [5.41, 5.74) is 0. The van der Waals surface area contributed by atoms with Gasteiger partial charge in [-0.1, -0.05) is 6.07 Å². The van der Waals surface area contributed by atoms with Crippen molar-refractivity contribution in [2.24, 2.45) is 4.99 Å². The summed E-state index contributed by atoms with van der Waals surface area (Å²) >= 11 is 1.77. The second kappa shape index (κ2) is 11.1. The number of aliphatic imine (C=N–C) groups is 1. The van der Waals surface area contributed by atoms with Crippen LogP contribution in [0.15, 0.2) is 46.8 Å². The highest BCUT2D eigenvalue weighted by Crippen LogP contribution is 2.25. The number of nitrogens with one attached hydrogen (secondary N) is 2. The molecular formula is C21H29FN4O2S. The van der Waals surface area contributed by atoms with Gasteiger partial charge in [-0.2, -0.15) is 0 Å². The van der Waals surface area contributed by atoms with E-state index in [1.54, 1.807) is 30.5 Å². The number of hydrogen-bond donors (Lipinski definition) is 2. The maximum Gasteiger partial charge on any atom is 0.191 e. The molecule has 158 valence electrons. The van der Waals surface area contributed by atoms with E-state index >= 15 is 0 Å². The minimum absolute atomic E-state index is 0.0913. The fourth-order valence-corrected chi connectivity index (χ4v) is 4.08. The van der Waals surface area contributed by atoms with Crippen LogP contribution in [-0.2, 0) is 4.74 Å². The van der Waals surface area contributed by atoms with Crippen LogP contribution in [0.4, 0.5) is 4.39 Å². The molecule has 3 rings (SSSR count). The molecule has 1 aromatic carbocycles. The number of guanidine groups is 1. The molecule has 2 atom stereocenters. The fourth-order valence-electron chi connectivity index (χ4n) is 3.22. The monoisotopic (exact) mass is 420 g/mol. The molecule has 0 saturated carbocycles. The van der Waals surface area contributed by atoms with E-state index in [2.05, 4.69) is 38.0 Å². The van der Waals surface area contributed by atoms with Gasteiger partial charge in [-0.25, -0.2) is 4.39 Å². The molecule has 0 aliphatic carbocycles. The van der Waals surface area contributed by atoms with Gasteiger partial charge in [0.25, 0.3) is 0 Å². The molecule has 29 heavy (non-hydrogen) atoms. The molecule has 1 fully saturated rings. The summed E-state index contributed by atoms with van der Waals surface area (Å²) in [7, 11) is 1.76. The first-order valence-corrected chi connectivity index (χ1v) is 10.8. The van der Waals surface area contributed by atoms with E-state index < -0.39 is 0 Å². The van der Waals surface area contributed by atoms with E-state index in [9.17, 15) is 4.39 Å². The Morgan fingerprint density at radius 3 is 2.59 bits per heavy atom. The van der Waals surface area contributed by atoms with Crippen LogP contribution in [0.1, 0.15) is 17.8 Å². The highest BCUT2D eigenvalue weighted by atomic mass is 32.1. The maximum atomic E-state index is 13.0. The first-order chi connectivity index (χ1) is 14.2. The summed E-state index contributed by atoms with van der Waals surface area (Å²) in [4.78, 5) is 8.12. The van der Waals surface area contributed by atoms with Gasteiger partial charge in [0.05, 0.1) is 25.8 Å². The molecule has 1 saturated heterocycles. The van der Waals surface area contributed by atoms with Crippen LogP contribution < -0.4 is 15.4 Å². The summed E-state index contributed by atoms with van der Waals surface area (Å²) in [6.07, 6.45) is -0.0913. The summed E-state index contributed by atoms with van der Waals surface area (Å²) < 4.78 is 24.3. The minimum Gasteiger partial charge on any atom is -0.489 e. The van der Waals surface area contributed by atoms with Crippen LogP contribution in [0.3, 0.4) is 0 Å². The lowest BCUT2D eigenvalue weighted by atomic mass is 10.2. The first-order valence-electron chi connectivity index (χ1n) is 9.87. The third-order valence-electron chi connectivity index (χ3n) is 4.75. The predicted molar refractivity (Wildman–Crippen MR) is 115 cm³/mol. The van der Waals surface area contributed by atoms with E-state index in [0.29, 0.717) is 12.3 Å². The third-order valence-corrected chi connectivity index (χ3v) is 5.73. The summed E-state index contributed by atoms with van der Waals surface area (Å²) in [6, 6.07) is 10.6. The lowest BCUT2D eigenvalue weighted by molar-refractivity contribution is 0.0177. The van der Waals surface area contributed by atoms with Crippen LogP contribution in [0.2, 0.25) is 0 Å². The largest absolute Gasteiger partial charge is 0.489 e. The van der Waals surface area contributed by atoms with E-state index in [0.717, 1.165) is 38.8 Å². The highest BCUT2D eigenvalue weighted by molar-refractivity contribution is 7.10. The van der Waals surface area contributed by atoms with Crippen molar-refractivity contribution in [2.75, 3.05) is 46.4 Å². The Kier molecular flexibility index (Phi) is 8.27. The molecule has 1 aromatic heterocycles. The van der Waals surface area contributed by atoms with Crippen molar-refractivity contribution in [3.63, 3.8) is 0 Å². The van der Waals surface area contributed by atoms with Crippen LogP contribution in [0.25, 0.3) is 0 Å². The van der Waals surface area contributed by atoms with E-state index in [1.807, 2.05) is 6.92 Å². The van der Waals surface area contributed by atoms with Gasteiger partial charge in [0.15, 0.2) is 5.96 Å². The third kappa shape index (κ3) is 6.69. The number of halogens is 1. The number of morpholine rings is 1. The van der Waals surface area contributed by atoms with Crippen molar-refractivity contribution in [2.45, 2.75) is 19.1 Å². The molecule has 2 aromatic rings. The van der Waals surface area contributed by atoms with Crippen LogP contribution >= 0.6 is 11.3 Å². The van der Waals surface area contributed by atoms with E-state index in [1.165, 1.54) is 17.0 Å². The highest BCUT2D eigenvalue weighted by Gasteiger charge is 2.23. The van der Waals surface area contributed by atoms with Crippen LogP contribution in [0.5, 0.6) is 5.75 Å². The number of benzene rings is 1. The van der Waals surface area contributed by atoms with Gasteiger partial charge in [0.2, 0.25) is 0 Å². The first kappa shape index (κ1) is 21.5. The Morgan fingerprint density at radius 2 is 1.93 bits per heavy atom. The number of rotatable bonds is 8. The number of thiophene rings is 1. The van der Waals surface area contributed by atoms with Crippen molar-refractivity contribution in [1.82, 2.24) is 15.5 Å². The summed E-state index contributed by atoms with van der Waals surface area (Å²) in [5.74, 6) is 1.11. The van der Waals surface area contributed by atoms with Crippen LogP contribution in [-0.4, -0.2) is 63.4 Å². The van der Waals surface area contributed by atoms with Gasteiger partial charge in [-0.15, -0.1) is 11.3 Å². The van der Waals surface area contributed by atoms with Crippen LogP contribution in [0, 0.1) is 5.82 Å². The van der Waals surface area contributed by atoms with Crippen molar-refractivity contribution in [3.05, 3.63) is 52.5 Å². The Labute approximate surface area is 175 Å². The van der Waals surface area contributed by atoms with Gasteiger partial charge in [-0.3, -0.25) is 9.89 Å². The lowest BCUT2D eigenvalue weighted by Gasteiger charge is -2.34. The molecule has 0 bridgehead atoms. The summed E-state index contributed by atoms with van der Waals surface area (Å²) in [5, 5.41) is 8.86. The lowest BCUT2D eigenvalue weighted by Crippen LogP contribution is -2.47. The zero-order valence-corrected chi connectivity index (χ0v) is 17.8. The molecule has 2 heterocycles. The Balaban J connectivity index is 1.49. The van der Waals surface area contributed by atoms with Crippen molar-refractivity contribution in [1.29, 1.82) is 0 Å². The standard InChI is InChI=1S/C21H29FN4O2S/c1-16(28-18-7-5-17(22)6-8-18)14-24-21(23-2)25-15-19(20-4-3-13-29-20)26-9-11-27-12-10-26/h3-8,13,16,19H,9-12,14-15H2,1-2H3,(H2,23,24,25). The number of hydrogen-bond acceptors (Lipinski definition) is 5. The van der Waals surface area contributed by atoms with Gasteiger partial charge in [0.1, 0.15) is 17.7 Å². The maximum absolute atomic E-state index is 13.0. The Morgan fingerprint density at radius 1 is 1.21 bits per heavy atom. The quantitative estimate of drug-likeness (QED) is 0.508. The molecular weight excluding hydrogens is 391 g/mol. The summed E-state index contributed by atoms with van der Waals surface area (Å²) in [6.45, 7) is 6.70. The topological polar surface area (TPSA) is 58.1 Å². The molecule has 6 nitrogen and oxygen atoms in total. The molecule has 2 N–H and O–H groups in total. The molecule has 0 radical (unpaired) electrons. The molecule has 8 heteroatoms.